The van der Waals surface area contributed by atoms with Gasteiger partial charge in [0.15, 0.2) is 0 Å². The van der Waals surface area contributed by atoms with Crippen molar-refractivity contribution in [3.63, 3.8) is 0 Å². The average Bonchev–Trinajstić information content (AvgIpc) is 2.89. The van der Waals surface area contributed by atoms with Crippen molar-refractivity contribution < 1.29 is 37.5 Å². The number of alkyl halides is 1. The number of halogens is 1. The molecule has 0 aromatic rings. The molecule has 1 unspecified atom stereocenters. The van der Waals surface area contributed by atoms with E-state index in [-0.39, 0.29) is 43.1 Å². The molecule has 0 amide bonds. The third-order valence-corrected chi connectivity index (χ3v) is 8.96. The van der Waals surface area contributed by atoms with Gasteiger partial charge in [0.2, 0.25) is 7.09 Å². The first kappa shape index (κ1) is 34.5. The van der Waals surface area contributed by atoms with E-state index in [9.17, 15) is 14.4 Å². The van der Waals surface area contributed by atoms with Crippen LogP contribution >= 0.6 is 23.5 Å². The number of hydrogen-bond donors (Lipinski definition) is 0. The van der Waals surface area contributed by atoms with Crippen molar-refractivity contribution in [2.75, 3.05) is 12.5 Å². The molecule has 1 heterocycles. The summed E-state index contributed by atoms with van der Waals surface area (Å²) in [4.78, 5) is 37.5. The van der Waals surface area contributed by atoms with E-state index < -0.39 is 35.5 Å². The van der Waals surface area contributed by atoms with E-state index in [0.29, 0.717) is 24.2 Å². The molecule has 2 aliphatic rings. The van der Waals surface area contributed by atoms with Crippen molar-refractivity contribution in [1.82, 2.24) is 0 Å². The van der Waals surface area contributed by atoms with E-state index in [1.807, 2.05) is 13.8 Å². The molecule has 0 N–H and O–H groups in total. The first-order valence-electron chi connectivity index (χ1n) is 15.6. The van der Waals surface area contributed by atoms with Crippen LogP contribution in [0.3, 0.4) is 0 Å². The van der Waals surface area contributed by atoms with Crippen LogP contribution < -0.4 is 0 Å². The third kappa shape index (κ3) is 11.6. The molecule has 235 valence electrons. The van der Waals surface area contributed by atoms with Crippen LogP contribution in [0.25, 0.3) is 0 Å². The molecular weight excluding hydrogens is 567 g/mol. The van der Waals surface area contributed by atoms with Gasteiger partial charge in [-0.1, -0.05) is 52.9 Å². The Bertz CT molecular complexity index is 878. The first-order chi connectivity index (χ1) is 19.7. The second-order valence-corrected chi connectivity index (χ2v) is 13.8. The summed E-state index contributed by atoms with van der Waals surface area (Å²) in [6.45, 7) is 14.1. The summed E-state index contributed by atoms with van der Waals surface area (Å²) >= 11 is 6.39. The Morgan fingerprint density at radius 1 is 1.10 bits per heavy atom. The monoisotopic (exact) mass is 619 g/mol. The Morgan fingerprint density at radius 3 is 2.39 bits per heavy atom. The third-order valence-electron chi connectivity index (χ3n) is 8.36. The van der Waals surface area contributed by atoms with Crippen LogP contribution in [0.4, 0.5) is 0 Å². The Kier molecular flexibility index (Phi) is 14.1. The molecule has 2 fully saturated rings. The number of esters is 3. The molecule has 6 atom stereocenters. The summed E-state index contributed by atoms with van der Waals surface area (Å²) in [5.74, 6) is -0.280. The van der Waals surface area contributed by atoms with Gasteiger partial charge in [-0.2, -0.15) is 0 Å². The number of carbonyl (C=O) groups is 3. The lowest BCUT2D eigenvalue weighted by Crippen LogP contribution is -2.53. The molecule has 0 aromatic carbocycles. The van der Waals surface area contributed by atoms with Crippen LogP contribution in [0.5, 0.6) is 0 Å². The van der Waals surface area contributed by atoms with E-state index in [1.54, 1.807) is 13.8 Å². The van der Waals surface area contributed by atoms with E-state index in [1.165, 1.54) is 6.42 Å². The minimum absolute atomic E-state index is 0.0182. The number of hydrogen-bond acceptors (Lipinski definition) is 9. The largest absolute Gasteiger partial charge is 0.464 e. The van der Waals surface area contributed by atoms with Gasteiger partial charge in [-0.15, -0.1) is 11.6 Å². The average molecular weight is 620 g/mol. The molecule has 1 radical (unpaired) electrons. The van der Waals surface area contributed by atoms with Gasteiger partial charge < -0.3 is 23.1 Å². The van der Waals surface area contributed by atoms with Crippen molar-refractivity contribution in [1.29, 1.82) is 1.34 Å². The maximum absolute atomic E-state index is 13.3. The standard InChI is InChI=1S/C30H51BClO8S/c1-19(2)24-11-10-21(5)16-30(24)12-8-9-22(39-30)13-25(29(6,7)18-36-28(35)17-32)38-27(34)15-23(40-41-31)14-26(33)37-20(3)4/h19-25,31H,8-18H2,1-7H3/t21-,22+,23+,24+,25+,30?/m1/s1/i31T. The molecule has 8 nitrogen and oxygen atoms in total. The first-order valence-corrected chi connectivity index (χ1v) is 16.4. The fourth-order valence-electron chi connectivity index (χ4n) is 6.45. The van der Waals surface area contributed by atoms with Crippen molar-refractivity contribution in [3.8, 4) is 0 Å². The van der Waals surface area contributed by atoms with Gasteiger partial charge in [-0.25, -0.2) is 0 Å². The second kappa shape index (κ2) is 16.8. The van der Waals surface area contributed by atoms with Crippen molar-refractivity contribution in [3.05, 3.63) is 0 Å². The van der Waals surface area contributed by atoms with E-state index in [2.05, 4.69) is 20.8 Å². The SMILES string of the molecule is [3H][B]SO[C@@H](CC(=O)OC(C)C)CC(=O)O[C@@H](C[C@@H]1CCCC2(C[C@H](C)CC[C@H]2C(C)C)O1)C(C)(C)COC(=O)CCl. The van der Waals surface area contributed by atoms with Crippen molar-refractivity contribution in [2.45, 2.75) is 136 Å². The fraction of sp³-hybridized carbons (Fsp3) is 0.900. The van der Waals surface area contributed by atoms with Crippen molar-refractivity contribution in [2.24, 2.45) is 23.2 Å². The number of ether oxygens (including phenoxy) is 4. The molecule has 11 heteroatoms. The smallest absolute Gasteiger partial charge is 0.320 e. The molecule has 1 saturated heterocycles. The van der Waals surface area contributed by atoms with Gasteiger partial charge in [0.05, 0.1) is 43.4 Å². The zero-order chi connectivity index (χ0) is 31.5. The van der Waals surface area contributed by atoms with Gasteiger partial charge in [0, 0.05) is 11.8 Å². The highest BCUT2D eigenvalue weighted by atomic mass is 35.5. The number of carbonyl (C=O) groups excluding carboxylic acids is 3. The topological polar surface area (TPSA) is 97.4 Å². The highest BCUT2D eigenvalue weighted by Crippen LogP contribution is 2.50. The summed E-state index contributed by atoms with van der Waals surface area (Å²) in [5, 5.41) is 0. The quantitative estimate of drug-likeness (QED) is 0.0669. The summed E-state index contributed by atoms with van der Waals surface area (Å²) in [6, 6.07) is 0. The van der Waals surface area contributed by atoms with Crippen LogP contribution in [0.2, 0.25) is 0 Å². The normalized spacial score (nSPS) is 26.8. The lowest BCUT2D eigenvalue weighted by Gasteiger charge is -2.52. The van der Waals surface area contributed by atoms with Gasteiger partial charge >= 0.3 is 17.9 Å². The minimum Gasteiger partial charge on any atom is -0.464 e. The van der Waals surface area contributed by atoms with Crippen molar-refractivity contribution >= 4 is 48.5 Å². The number of rotatable bonds is 16. The molecule has 2 rings (SSSR count). The minimum atomic E-state index is -0.835. The summed E-state index contributed by atoms with van der Waals surface area (Å²) in [6.07, 6.45) is 4.53. The molecule has 0 aromatic heterocycles. The molecule has 41 heavy (non-hydrogen) atoms. The molecule has 1 spiro atoms. The van der Waals surface area contributed by atoms with Crippen LogP contribution in [-0.2, 0) is 37.5 Å². The van der Waals surface area contributed by atoms with E-state index in [0.717, 1.165) is 51.1 Å². The predicted octanol–water partition coefficient (Wildman–Crippen LogP) is 6.08. The second-order valence-electron chi connectivity index (χ2n) is 13.2. The Morgan fingerprint density at radius 2 is 1.78 bits per heavy atom. The summed E-state index contributed by atoms with van der Waals surface area (Å²) < 4.78 is 36.5. The highest BCUT2D eigenvalue weighted by molar-refractivity contribution is 8.15. The Balaban J connectivity index is 2.22. The van der Waals surface area contributed by atoms with E-state index >= 15 is 0 Å². The fourth-order valence-corrected chi connectivity index (χ4v) is 6.82. The zero-order valence-corrected chi connectivity index (χ0v) is 27.5. The Hall–Kier alpha value is -0.965. The molecule has 1 aliphatic carbocycles. The molecule has 0 bridgehead atoms. The van der Waals surface area contributed by atoms with E-state index in [4.69, 9.17) is 36.1 Å². The zero-order valence-electron chi connectivity index (χ0n) is 26.9. The summed E-state index contributed by atoms with van der Waals surface area (Å²) in [7, 11) is 0.982. The molecule has 1 aliphatic heterocycles. The predicted molar refractivity (Wildman–Crippen MR) is 163 cm³/mol. The van der Waals surface area contributed by atoms with Crippen LogP contribution in [0.1, 0.15) is 106 Å². The van der Waals surface area contributed by atoms with Crippen LogP contribution in [-0.4, -0.2) is 68.8 Å². The summed E-state index contributed by atoms with van der Waals surface area (Å²) in [5.41, 5.74) is -0.919. The van der Waals surface area contributed by atoms with Gasteiger partial charge in [-0.3, -0.25) is 14.4 Å². The molecular formula is C30H51BClO8S. The highest BCUT2D eigenvalue weighted by Gasteiger charge is 2.49. The van der Waals surface area contributed by atoms with Crippen LogP contribution in [0.15, 0.2) is 0 Å². The maximum atomic E-state index is 13.3. The lowest BCUT2D eigenvalue weighted by atomic mass is 9.64. The maximum Gasteiger partial charge on any atom is 0.320 e. The lowest BCUT2D eigenvalue weighted by molar-refractivity contribution is -0.205. The molecule has 1 saturated carbocycles. The van der Waals surface area contributed by atoms with Gasteiger partial charge in [0.25, 0.3) is 0 Å². The van der Waals surface area contributed by atoms with Gasteiger partial charge in [0.1, 0.15) is 12.0 Å². The Labute approximate surface area is 258 Å². The van der Waals surface area contributed by atoms with Gasteiger partial charge in [-0.05, 0) is 65.0 Å². The van der Waals surface area contributed by atoms with Crippen LogP contribution in [0, 0.1) is 23.2 Å².